The van der Waals surface area contributed by atoms with Gasteiger partial charge in [0.1, 0.15) is 10.6 Å². The molecule has 1 aromatic rings. The number of rotatable bonds is 6. The molecule has 1 rings (SSSR count). The average Bonchev–Trinajstić information content (AvgIpc) is 2.38. The number of nitro benzene ring substituents is 1. The zero-order valence-corrected chi connectivity index (χ0v) is 12.4. The van der Waals surface area contributed by atoms with Crippen LogP contribution in [0.1, 0.15) is 24.2 Å². The highest BCUT2D eigenvalue weighted by atomic mass is 35.5. The number of methoxy groups -OCH3 is 1. The summed E-state index contributed by atoms with van der Waals surface area (Å²) in [6, 6.07) is 4.15. The topological polar surface area (TPSA) is 72.7 Å². The first-order chi connectivity index (χ1) is 9.43. The summed E-state index contributed by atoms with van der Waals surface area (Å²) in [6.45, 7) is 4.41. The van der Waals surface area contributed by atoms with Gasteiger partial charge in [-0.2, -0.15) is 0 Å². The number of ether oxygens (including phenoxy) is 1. The van der Waals surface area contributed by atoms with Crippen molar-refractivity contribution in [2.75, 3.05) is 20.3 Å². The van der Waals surface area contributed by atoms with Crippen LogP contribution in [0.15, 0.2) is 18.2 Å². The minimum atomic E-state index is -0.635. The molecule has 1 amide bonds. The maximum atomic E-state index is 12.5. The van der Waals surface area contributed by atoms with Crippen molar-refractivity contribution in [2.45, 2.75) is 19.9 Å². The van der Waals surface area contributed by atoms with Gasteiger partial charge in [0.05, 0.1) is 17.6 Å². The van der Waals surface area contributed by atoms with E-state index >= 15 is 0 Å². The van der Waals surface area contributed by atoms with Crippen LogP contribution < -0.4 is 0 Å². The SMILES string of the molecule is CCN(C(=O)c1cccc(Cl)c1[N+](=O)[O-])C(C)COC. The van der Waals surface area contributed by atoms with Gasteiger partial charge in [0.2, 0.25) is 0 Å². The Labute approximate surface area is 122 Å². The first kappa shape index (κ1) is 16.4. The average molecular weight is 301 g/mol. The van der Waals surface area contributed by atoms with E-state index < -0.39 is 10.8 Å². The van der Waals surface area contributed by atoms with Crippen molar-refractivity contribution in [3.63, 3.8) is 0 Å². The molecule has 0 aromatic heterocycles. The standard InChI is InChI=1S/C13H17ClN2O4/c1-4-15(9(2)8-20-3)13(17)10-6-5-7-11(14)12(10)16(18)19/h5-7,9H,4,8H2,1-3H3. The normalized spacial score (nSPS) is 12.0. The van der Waals surface area contributed by atoms with Gasteiger partial charge in [0.15, 0.2) is 0 Å². The second kappa shape index (κ2) is 7.21. The smallest absolute Gasteiger partial charge is 0.300 e. The second-order valence-corrected chi connectivity index (χ2v) is 4.70. The summed E-state index contributed by atoms with van der Waals surface area (Å²) in [4.78, 5) is 24.4. The molecule has 0 fully saturated rings. The number of likely N-dealkylation sites (N-methyl/N-ethyl adjacent to an activating group) is 1. The van der Waals surface area contributed by atoms with Gasteiger partial charge in [-0.15, -0.1) is 0 Å². The third-order valence-electron chi connectivity index (χ3n) is 2.94. The highest BCUT2D eigenvalue weighted by Gasteiger charge is 2.28. The predicted octanol–water partition coefficient (Wildman–Crippen LogP) is 2.75. The molecule has 1 unspecified atom stereocenters. The molecule has 0 aliphatic rings. The van der Waals surface area contributed by atoms with Gasteiger partial charge in [-0.3, -0.25) is 14.9 Å². The lowest BCUT2D eigenvalue weighted by molar-refractivity contribution is -0.385. The highest BCUT2D eigenvalue weighted by Crippen LogP contribution is 2.29. The molecule has 6 nitrogen and oxygen atoms in total. The molecule has 110 valence electrons. The van der Waals surface area contributed by atoms with Gasteiger partial charge in [-0.1, -0.05) is 17.7 Å². The maximum absolute atomic E-state index is 12.5. The van der Waals surface area contributed by atoms with Crippen LogP contribution in [0.4, 0.5) is 5.69 Å². The third-order valence-corrected chi connectivity index (χ3v) is 3.25. The molecule has 1 atom stereocenters. The van der Waals surface area contributed by atoms with Crippen LogP contribution in [0.5, 0.6) is 0 Å². The fourth-order valence-electron chi connectivity index (χ4n) is 2.01. The zero-order valence-electron chi connectivity index (χ0n) is 11.6. The summed E-state index contributed by atoms with van der Waals surface area (Å²) in [5.74, 6) is -0.425. The number of hydrogen-bond donors (Lipinski definition) is 0. The number of nitrogens with zero attached hydrogens (tertiary/aromatic N) is 2. The minimum absolute atomic E-state index is 0.00713. The monoisotopic (exact) mass is 300 g/mol. The number of hydrogen-bond acceptors (Lipinski definition) is 4. The molecule has 20 heavy (non-hydrogen) atoms. The number of amides is 1. The fraction of sp³-hybridized carbons (Fsp3) is 0.462. The van der Waals surface area contributed by atoms with Gasteiger partial charge in [-0.05, 0) is 26.0 Å². The maximum Gasteiger partial charge on any atom is 0.300 e. The van der Waals surface area contributed by atoms with Gasteiger partial charge >= 0.3 is 5.69 Å². The number of carbonyl (C=O) groups excluding carboxylic acids is 1. The van der Waals surface area contributed by atoms with Crippen LogP contribution in [0.2, 0.25) is 5.02 Å². The van der Waals surface area contributed by atoms with E-state index in [1.807, 2.05) is 6.92 Å². The zero-order chi connectivity index (χ0) is 15.3. The molecule has 0 aliphatic heterocycles. The van der Waals surface area contributed by atoms with E-state index in [1.165, 1.54) is 30.2 Å². The molecular weight excluding hydrogens is 284 g/mol. The largest absolute Gasteiger partial charge is 0.383 e. The number of para-hydroxylation sites is 1. The van der Waals surface area contributed by atoms with E-state index in [-0.39, 0.29) is 22.3 Å². The summed E-state index contributed by atoms with van der Waals surface area (Å²) in [5.41, 5.74) is -0.366. The number of benzene rings is 1. The molecule has 0 spiro atoms. The summed E-state index contributed by atoms with van der Waals surface area (Å²) in [5, 5.41) is 11.0. The summed E-state index contributed by atoms with van der Waals surface area (Å²) < 4.78 is 5.02. The Balaban J connectivity index is 3.19. The predicted molar refractivity (Wildman–Crippen MR) is 76.2 cm³/mol. The molecular formula is C13H17ClN2O4. The first-order valence-electron chi connectivity index (χ1n) is 6.16. The molecule has 0 saturated heterocycles. The lowest BCUT2D eigenvalue weighted by Crippen LogP contribution is -2.41. The van der Waals surface area contributed by atoms with Crippen LogP contribution >= 0.6 is 11.6 Å². The van der Waals surface area contributed by atoms with Crippen molar-refractivity contribution >= 4 is 23.2 Å². The summed E-state index contributed by atoms with van der Waals surface area (Å²) >= 11 is 5.82. The Morgan fingerprint density at radius 2 is 2.20 bits per heavy atom. The van der Waals surface area contributed by atoms with E-state index in [2.05, 4.69) is 0 Å². The van der Waals surface area contributed by atoms with E-state index in [9.17, 15) is 14.9 Å². The first-order valence-corrected chi connectivity index (χ1v) is 6.54. The fourth-order valence-corrected chi connectivity index (χ4v) is 2.26. The molecule has 1 aromatic carbocycles. The van der Waals surface area contributed by atoms with Gasteiger partial charge in [0, 0.05) is 13.7 Å². The van der Waals surface area contributed by atoms with Crippen molar-refractivity contribution in [2.24, 2.45) is 0 Å². The van der Waals surface area contributed by atoms with E-state index in [0.717, 1.165) is 0 Å². The van der Waals surface area contributed by atoms with Crippen molar-refractivity contribution in [1.29, 1.82) is 0 Å². The van der Waals surface area contributed by atoms with Gasteiger partial charge in [0.25, 0.3) is 5.91 Å². The lowest BCUT2D eigenvalue weighted by atomic mass is 10.1. The van der Waals surface area contributed by atoms with Crippen molar-refractivity contribution < 1.29 is 14.5 Å². The summed E-state index contributed by atoms with van der Waals surface area (Å²) in [7, 11) is 1.54. The van der Waals surface area contributed by atoms with E-state index in [4.69, 9.17) is 16.3 Å². The molecule has 0 saturated carbocycles. The summed E-state index contributed by atoms with van der Waals surface area (Å²) in [6.07, 6.45) is 0. The Kier molecular flexibility index (Phi) is 5.91. The molecule has 7 heteroatoms. The van der Waals surface area contributed by atoms with Crippen LogP contribution in [0, 0.1) is 10.1 Å². The van der Waals surface area contributed by atoms with Crippen LogP contribution in [0.3, 0.4) is 0 Å². The number of carbonyl (C=O) groups is 1. The number of halogens is 1. The minimum Gasteiger partial charge on any atom is -0.383 e. The van der Waals surface area contributed by atoms with Crippen molar-refractivity contribution in [1.82, 2.24) is 4.90 Å². The van der Waals surface area contributed by atoms with Crippen LogP contribution in [0.25, 0.3) is 0 Å². The van der Waals surface area contributed by atoms with Crippen molar-refractivity contribution in [3.05, 3.63) is 38.9 Å². The van der Waals surface area contributed by atoms with Gasteiger partial charge < -0.3 is 9.64 Å². The molecule has 0 heterocycles. The lowest BCUT2D eigenvalue weighted by Gasteiger charge is -2.27. The van der Waals surface area contributed by atoms with E-state index in [0.29, 0.717) is 13.2 Å². The van der Waals surface area contributed by atoms with Crippen LogP contribution in [-0.2, 0) is 4.74 Å². The van der Waals surface area contributed by atoms with Crippen LogP contribution in [-0.4, -0.2) is 42.0 Å². The molecule has 0 radical (unpaired) electrons. The molecule has 0 N–H and O–H groups in total. The Hall–Kier alpha value is -1.66. The Morgan fingerprint density at radius 1 is 1.55 bits per heavy atom. The highest BCUT2D eigenvalue weighted by molar-refractivity contribution is 6.33. The second-order valence-electron chi connectivity index (χ2n) is 4.29. The van der Waals surface area contributed by atoms with Gasteiger partial charge in [-0.25, -0.2) is 0 Å². The van der Waals surface area contributed by atoms with E-state index in [1.54, 1.807) is 6.92 Å². The Bertz CT molecular complexity index is 507. The number of nitro groups is 1. The third kappa shape index (κ3) is 3.46. The molecule has 0 aliphatic carbocycles. The molecule has 0 bridgehead atoms. The quantitative estimate of drug-likeness (QED) is 0.598. The Morgan fingerprint density at radius 3 is 2.70 bits per heavy atom. The van der Waals surface area contributed by atoms with Crippen molar-refractivity contribution in [3.8, 4) is 0 Å².